The van der Waals surface area contributed by atoms with Gasteiger partial charge >= 0.3 is 0 Å². The van der Waals surface area contributed by atoms with Gasteiger partial charge in [0, 0.05) is 32.7 Å². The predicted octanol–water partition coefficient (Wildman–Crippen LogP) is 3.55. The molecule has 0 saturated carbocycles. The Morgan fingerprint density at radius 3 is 2.38 bits per heavy atom. The first-order valence-electron chi connectivity index (χ1n) is 10.9. The number of halogens is 1. The van der Waals surface area contributed by atoms with E-state index in [0.717, 1.165) is 70.9 Å². The van der Waals surface area contributed by atoms with E-state index in [0.29, 0.717) is 0 Å². The summed E-state index contributed by atoms with van der Waals surface area (Å²) < 4.78 is 0. The van der Waals surface area contributed by atoms with Crippen molar-refractivity contribution in [3.63, 3.8) is 0 Å². The molecule has 0 spiro atoms. The van der Waals surface area contributed by atoms with Crippen LogP contribution in [0.5, 0.6) is 0 Å². The lowest BCUT2D eigenvalue weighted by Crippen LogP contribution is -2.39. The molecule has 2 rings (SSSR count). The zero-order valence-electron chi connectivity index (χ0n) is 18.7. The molecule has 6 heteroatoms. The first-order valence-corrected chi connectivity index (χ1v) is 10.9. The van der Waals surface area contributed by atoms with Crippen molar-refractivity contribution in [1.29, 1.82) is 0 Å². The summed E-state index contributed by atoms with van der Waals surface area (Å²) in [6.07, 6.45) is 3.77. The zero-order valence-corrected chi connectivity index (χ0v) is 21.0. The SMILES string of the molecule is CCNC(=NCCCN1CCC(O)CC1)NCCc1ccc(C(C)(C)C)cc1.I. The van der Waals surface area contributed by atoms with E-state index in [1.807, 2.05) is 0 Å². The molecule has 0 amide bonds. The molecule has 5 nitrogen and oxygen atoms in total. The Morgan fingerprint density at radius 1 is 1.14 bits per heavy atom. The lowest BCUT2D eigenvalue weighted by atomic mass is 9.86. The molecule has 0 bridgehead atoms. The van der Waals surface area contributed by atoms with Gasteiger partial charge in [-0.1, -0.05) is 45.0 Å². The second-order valence-corrected chi connectivity index (χ2v) is 8.81. The third-order valence-corrected chi connectivity index (χ3v) is 5.33. The number of aliphatic hydroxyl groups excluding tert-OH is 1. The second kappa shape index (κ2) is 13.4. The van der Waals surface area contributed by atoms with Crippen LogP contribution in [-0.4, -0.2) is 61.3 Å². The molecule has 166 valence electrons. The molecular weight excluding hydrogens is 475 g/mol. The van der Waals surface area contributed by atoms with Gasteiger partial charge in [-0.25, -0.2) is 0 Å². The molecular formula is C23H41IN4O. The molecule has 0 aromatic heterocycles. The number of aliphatic hydroxyl groups is 1. The average molecular weight is 517 g/mol. The monoisotopic (exact) mass is 516 g/mol. The van der Waals surface area contributed by atoms with Crippen LogP contribution in [0.2, 0.25) is 0 Å². The minimum atomic E-state index is -0.0940. The van der Waals surface area contributed by atoms with Crippen molar-refractivity contribution in [1.82, 2.24) is 15.5 Å². The standard InChI is InChI=1S/C23H40N4O.HI/c1-5-24-22(25-14-6-16-27-17-12-21(28)13-18-27)26-15-11-19-7-9-20(10-8-19)23(2,3)4;/h7-10,21,28H,5-6,11-18H2,1-4H3,(H2,24,25,26);1H. The topological polar surface area (TPSA) is 59.9 Å². The van der Waals surface area contributed by atoms with Crippen LogP contribution in [-0.2, 0) is 11.8 Å². The van der Waals surface area contributed by atoms with Crippen LogP contribution in [0.3, 0.4) is 0 Å². The van der Waals surface area contributed by atoms with E-state index in [9.17, 15) is 5.11 Å². The number of guanidine groups is 1. The van der Waals surface area contributed by atoms with Crippen LogP contribution in [0.25, 0.3) is 0 Å². The van der Waals surface area contributed by atoms with Crippen LogP contribution >= 0.6 is 24.0 Å². The van der Waals surface area contributed by atoms with Gasteiger partial charge in [-0.3, -0.25) is 4.99 Å². The highest BCUT2D eigenvalue weighted by molar-refractivity contribution is 14.0. The smallest absolute Gasteiger partial charge is 0.191 e. The van der Waals surface area contributed by atoms with E-state index in [1.54, 1.807) is 0 Å². The van der Waals surface area contributed by atoms with Gasteiger partial charge in [0.1, 0.15) is 0 Å². The maximum absolute atomic E-state index is 9.58. The molecule has 1 aromatic carbocycles. The number of hydrogen-bond donors (Lipinski definition) is 3. The fraction of sp³-hybridized carbons (Fsp3) is 0.696. The van der Waals surface area contributed by atoms with E-state index >= 15 is 0 Å². The third kappa shape index (κ3) is 10.1. The van der Waals surface area contributed by atoms with Gasteiger partial charge in [0.2, 0.25) is 0 Å². The van der Waals surface area contributed by atoms with Crippen LogP contribution in [0.15, 0.2) is 29.3 Å². The van der Waals surface area contributed by atoms with Crippen molar-refractivity contribution >= 4 is 29.9 Å². The molecule has 0 unspecified atom stereocenters. The maximum Gasteiger partial charge on any atom is 0.191 e. The third-order valence-electron chi connectivity index (χ3n) is 5.33. The highest BCUT2D eigenvalue weighted by atomic mass is 127. The highest BCUT2D eigenvalue weighted by Crippen LogP contribution is 2.22. The quantitative estimate of drug-likeness (QED) is 0.214. The Kier molecular flexibility index (Phi) is 12.1. The first kappa shape index (κ1) is 26.2. The minimum absolute atomic E-state index is 0. The fourth-order valence-corrected chi connectivity index (χ4v) is 3.47. The first-order chi connectivity index (χ1) is 13.4. The van der Waals surface area contributed by atoms with Crippen molar-refractivity contribution in [2.24, 2.45) is 4.99 Å². The Hall–Kier alpha value is -0.860. The number of aliphatic imine (C=N–C) groups is 1. The molecule has 0 aliphatic carbocycles. The molecule has 29 heavy (non-hydrogen) atoms. The van der Waals surface area contributed by atoms with Crippen molar-refractivity contribution in [3.05, 3.63) is 35.4 Å². The second-order valence-electron chi connectivity index (χ2n) is 8.81. The molecule has 1 aromatic rings. The Bertz CT molecular complexity index is 590. The van der Waals surface area contributed by atoms with Gasteiger partial charge in [0.05, 0.1) is 6.10 Å². The fourth-order valence-electron chi connectivity index (χ4n) is 3.47. The average Bonchev–Trinajstić information content (AvgIpc) is 2.66. The molecule has 1 fully saturated rings. The molecule has 1 aliphatic rings. The molecule has 1 heterocycles. The summed E-state index contributed by atoms with van der Waals surface area (Å²) in [6.45, 7) is 14.5. The van der Waals surface area contributed by atoms with E-state index in [1.165, 1.54) is 11.1 Å². The Labute approximate surface area is 194 Å². The molecule has 0 atom stereocenters. The molecule has 3 N–H and O–H groups in total. The van der Waals surface area contributed by atoms with Crippen LogP contribution in [0.1, 0.15) is 58.1 Å². The minimum Gasteiger partial charge on any atom is -0.393 e. The van der Waals surface area contributed by atoms with Crippen molar-refractivity contribution < 1.29 is 5.11 Å². The number of likely N-dealkylation sites (tertiary alicyclic amines) is 1. The maximum atomic E-state index is 9.58. The van der Waals surface area contributed by atoms with Gasteiger partial charge < -0.3 is 20.6 Å². The summed E-state index contributed by atoms with van der Waals surface area (Å²) in [7, 11) is 0. The normalized spacial score (nSPS) is 16.4. The number of piperidine rings is 1. The number of benzene rings is 1. The molecule has 1 aliphatic heterocycles. The Morgan fingerprint density at radius 2 is 1.79 bits per heavy atom. The van der Waals surface area contributed by atoms with Crippen LogP contribution in [0, 0.1) is 0 Å². The number of hydrogen-bond acceptors (Lipinski definition) is 3. The lowest BCUT2D eigenvalue weighted by molar-refractivity contribution is 0.0824. The van der Waals surface area contributed by atoms with E-state index in [-0.39, 0.29) is 35.5 Å². The van der Waals surface area contributed by atoms with Crippen LogP contribution < -0.4 is 10.6 Å². The van der Waals surface area contributed by atoms with E-state index in [4.69, 9.17) is 4.99 Å². The van der Waals surface area contributed by atoms with Gasteiger partial charge in [-0.2, -0.15) is 0 Å². The zero-order chi connectivity index (χ0) is 20.4. The van der Waals surface area contributed by atoms with Gasteiger partial charge in [0.15, 0.2) is 5.96 Å². The summed E-state index contributed by atoms with van der Waals surface area (Å²) in [4.78, 5) is 7.14. The van der Waals surface area contributed by atoms with Gasteiger partial charge in [-0.05, 0) is 55.7 Å². The number of rotatable bonds is 8. The van der Waals surface area contributed by atoms with Gasteiger partial charge in [-0.15, -0.1) is 24.0 Å². The van der Waals surface area contributed by atoms with Crippen molar-refractivity contribution in [2.75, 3.05) is 39.3 Å². The number of nitrogens with zero attached hydrogens (tertiary/aromatic N) is 2. The summed E-state index contributed by atoms with van der Waals surface area (Å²) in [5.41, 5.74) is 2.93. The molecule has 0 radical (unpaired) electrons. The highest BCUT2D eigenvalue weighted by Gasteiger charge is 2.16. The Balaban J connectivity index is 0.00000420. The summed E-state index contributed by atoms with van der Waals surface area (Å²) in [5, 5.41) is 16.4. The molecule has 1 saturated heterocycles. The van der Waals surface area contributed by atoms with Crippen molar-refractivity contribution in [2.45, 2.75) is 64.9 Å². The summed E-state index contributed by atoms with van der Waals surface area (Å²) in [6, 6.07) is 8.96. The lowest BCUT2D eigenvalue weighted by Gasteiger charge is -2.29. The van der Waals surface area contributed by atoms with Crippen molar-refractivity contribution in [3.8, 4) is 0 Å². The van der Waals surface area contributed by atoms with E-state index in [2.05, 4.69) is 67.5 Å². The van der Waals surface area contributed by atoms with Gasteiger partial charge in [0.25, 0.3) is 0 Å². The predicted molar refractivity (Wildman–Crippen MR) is 135 cm³/mol. The summed E-state index contributed by atoms with van der Waals surface area (Å²) >= 11 is 0. The largest absolute Gasteiger partial charge is 0.393 e. The van der Waals surface area contributed by atoms with Crippen LogP contribution in [0.4, 0.5) is 0 Å². The number of nitrogens with one attached hydrogen (secondary N) is 2. The van der Waals surface area contributed by atoms with E-state index < -0.39 is 0 Å². The summed E-state index contributed by atoms with van der Waals surface area (Å²) in [5.74, 6) is 0.905.